The van der Waals surface area contributed by atoms with Crippen LogP contribution >= 0.6 is 0 Å². The second kappa shape index (κ2) is 6.62. The van der Waals surface area contributed by atoms with Crippen LogP contribution in [0.3, 0.4) is 0 Å². The summed E-state index contributed by atoms with van der Waals surface area (Å²) in [6, 6.07) is 13.7. The lowest BCUT2D eigenvalue weighted by Crippen LogP contribution is -1.95. The van der Waals surface area contributed by atoms with Gasteiger partial charge in [0.2, 0.25) is 6.41 Å². The van der Waals surface area contributed by atoms with Crippen LogP contribution in [0, 0.1) is 0 Å². The maximum absolute atomic E-state index is 10.7. The highest BCUT2D eigenvalue weighted by Gasteiger charge is 2.08. The minimum absolute atomic E-state index is 0.669. The summed E-state index contributed by atoms with van der Waals surface area (Å²) in [5, 5.41) is 6.75. The Balaban J connectivity index is 1.95. The van der Waals surface area contributed by atoms with E-state index in [1.54, 1.807) is 6.20 Å². The van der Waals surface area contributed by atoms with Gasteiger partial charge in [0.05, 0.1) is 11.2 Å². The fourth-order valence-electron chi connectivity index (χ4n) is 2.52. The maximum atomic E-state index is 10.7. The average Bonchev–Trinajstić information content (AvgIpc) is 3.07. The highest BCUT2D eigenvalue weighted by atomic mass is 16.1. The predicted octanol–water partition coefficient (Wildman–Crippen LogP) is 3.53. The molecule has 5 heteroatoms. The van der Waals surface area contributed by atoms with Gasteiger partial charge in [0, 0.05) is 23.5 Å². The number of fused-ring (bicyclic) bond motifs is 1. The van der Waals surface area contributed by atoms with Crippen LogP contribution in [-0.2, 0) is 9.59 Å². The van der Waals surface area contributed by atoms with Gasteiger partial charge < -0.3 is 15.6 Å². The Kier molecular flexibility index (Phi) is 4.20. The molecule has 2 aromatic carbocycles. The molecule has 0 radical (unpaired) electrons. The van der Waals surface area contributed by atoms with Gasteiger partial charge in [0.25, 0.3) is 0 Å². The Hall–Kier alpha value is -3.34. The molecule has 0 bridgehead atoms. The molecule has 5 nitrogen and oxygen atoms in total. The number of aromatic nitrogens is 1. The lowest BCUT2D eigenvalue weighted by atomic mass is 10.0. The molecular weight excluding hydrogens is 290 g/mol. The summed E-state index contributed by atoms with van der Waals surface area (Å²) in [5.74, 6) is 0. The number of amides is 1. The molecule has 0 aliphatic rings. The zero-order valence-electron chi connectivity index (χ0n) is 12.2. The zero-order chi connectivity index (χ0) is 16.1. The van der Waals surface area contributed by atoms with Crippen molar-refractivity contribution in [1.82, 2.24) is 4.98 Å². The highest BCUT2D eigenvalue weighted by molar-refractivity contribution is 6.03. The lowest BCUT2D eigenvalue weighted by Gasteiger charge is -2.08. The standard InChI is InChI=1S/C18H15N3O2/c22-11-1-9-19-14-4-2-13(3-5-14)15-6-7-17(21-12-23)18-16(15)8-10-20-18/h1-12,19-20H,(H,21,23). The van der Waals surface area contributed by atoms with Gasteiger partial charge in [-0.3, -0.25) is 9.59 Å². The third kappa shape index (κ3) is 2.98. The van der Waals surface area contributed by atoms with Crippen molar-refractivity contribution in [3.05, 3.63) is 60.9 Å². The van der Waals surface area contributed by atoms with Gasteiger partial charge in [-0.05, 0) is 41.5 Å². The molecule has 23 heavy (non-hydrogen) atoms. The molecule has 0 aliphatic carbocycles. The van der Waals surface area contributed by atoms with Crippen LogP contribution in [0.25, 0.3) is 22.0 Å². The van der Waals surface area contributed by atoms with E-state index >= 15 is 0 Å². The van der Waals surface area contributed by atoms with E-state index < -0.39 is 0 Å². The van der Waals surface area contributed by atoms with Gasteiger partial charge in [-0.2, -0.15) is 0 Å². The molecule has 1 aromatic heterocycles. The number of allylic oxidation sites excluding steroid dienone is 1. The van der Waals surface area contributed by atoms with Crippen molar-refractivity contribution >= 4 is 35.0 Å². The average molecular weight is 305 g/mol. The summed E-state index contributed by atoms with van der Waals surface area (Å²) in [5.41, 5.74) is 4.69. The number of anilines is 2. The number of carbonyl (C=O) groups is 2. The topological polar surface area (TPSA) is 74.0 Å². The second-order valence-electron chi connectivity index (χ2n) is 4.91. The maximum Gasteiger partial charge on any atom is 0.211 e. The quantitative estimate of drug-likeness (QED) is 0.482. The van der Waals surface area contributed by atoms with E-state index in [0.29, 0.717) is 6.41 Å². The highest BCUT2D eigenvalue weighted by Crippen LogP contribution is 2.32. The van der Waals surface area contributed by atoms with Crippen LogP contribution < -0.4 is 10.6 Å². The third-order valence-electron chi connectivity index (χ3n) is 3.56. The molecule has 0 atom stereocenters. The summed E-state index contributed by atoms with van der Waals surface area (Å²) < 4.78 is 0. The summed E-state index contributed by atoms with van der Waals surface area (Å²) in [6.07, 6.45) is 6.23. The van der Waals surface area contributed by atoms with Crippen LogP contribution in [0.5, 0.6) is 0 Å². The first-order valence-corrected chi connectivity index (χ1v) is 7.11. The second-order valence-corrected chi connectivity index (χ2v) is 4.91. The largest absolute Gasteiger partial charge is 0.362 e. The SMILES string of the molecule is O=CC=CNc1ccc(-c2ccc(NC=O)c3[nH]ccc23)cc1. The van der Waals surface area contributed by atoms with E-state index in [2.05, 4.69) is 15.6 Å². The molecule has 0 spiro atoms. The molecule has 3 N–H and O–H groups in total. The van der Waals surface area contributed by atoms with Gasteiger partial charge in [-0.15, -0.1) is 0 Å². The fourth-order valence-corrected chi connectivity index (χ4v) is 2.52. The first-order valence-electron chi connectivity index (χ1n) is 7.11. The summed E-state index contributed by atoms with van der Waals surface area (Å²) in [4.78, 5) is 24.1. The molecule has 0 fully saturated rings. The van der Waals surface area contributed by atoms with Gasteiger partial charge in [-0.25, -0.2) is 0 Å². The molecule has 3 aromatic rings. The summed E-state index contributed by atoms with van der Waals surface area (Å²) >= 11 is 0. The Morgan fingerprint density at radius 2 is 1.74 bits per heavy atom. The Morgan fingerprint density at radius 1 is 0.913 bits per heavy atom. The number of rotatable bonds is 6. The van der Waals surface area contributed by atoms with Crippen molar-refractivity contribution < 1.29 is 9.59 Å². The third-order valence-corrected chi connectivity index (χ3v) is 3.56. The number of nitrogens with one attached hydrogen (secondary N) is 3. The number of benzene rings is 2. The van der Waals surface area contributed by atoms with E-state index in [1.165, 1.54) is 6.08 Å². The molecule has 0 saturated carbocycles. The summed E-state index contributed by atoms with van der Waals surface area (Å²) in [6.45, 7) is 0. The number of aldehydes is 1. The van der Waals surface area contributed by atoms with Crippen molar-refractivity contribution in [2.75, 3.05) is 10.6 Å². The van der Waals surface area contributed by atoms with Crippen molar-refractivity contribution in [1.29, 1.82) is 0 Å². The molecule has 0 saturated heterocycles. The van der Waals surface area contributed by atoms with E-state index in [4.69, 9.17) is 0 Å². The summed E-state index contributed by atoms with van der Waals surface area (Å²) in [7, 11) is 0. The van der Waals surface area contributed by atoms with E-state index in [-0.39, 0.29) is 0 Å². The van der Waals surface area contributed by atoms with E-state index in [0.717, 1.165) is 39.7 Å². The van der Waals surface area contributed by atoms with Crippen LogP contribution in [0.4, 0.5) is 11.4 Å². The first kappa shape index (κ1) is 14.6. The normalized spacial score (nSPS) is 10.8. The molecule has 0 unspecified atom stereocenters. The van der Waals surface area contributed by atoms with Crippen molar-refractivity contribution in [2.45, 2.75) is 0 Å². The molecule has 0 aliphatic heterocycles. The zero-order valence-corrected chi connectivity index (χ0v) is 12.2. The Bertz CT molecular complexity index is 864. The fraction of sp³-hybridized carbons (Fsp3) is 0. The minimum atomic E-state index is 0.669. The van der Waals surface area contributed by atoms with Crippen molar-refractivity contribution in [3.8, 4) is 11.1 Å². The van der Waals surface area contributed by atoms with Gasteiger partial charge in [0.15, 0.2) is 0 Å². The number of hydrogen-bond donors (Lipinski definition) is 3. The van der Waals surface area contributed by atoms with E-state index in [9.17, 15) is 9.59 Å². The van der Waals surface area contributed by atoms with Crippen LogP contribution in [0.2, 0.25) is 0 Å². The van der Waals surface area contributed by atoms with Crippen molar-refractivity contribution in [3.63, 3.8) is 0 Å². The van der Waals surface area contributed by atoms with Crippen LogP contribution in [-0.4, -0.2) is 17.7 Å². The van der Waals surface area contributed by atoms with Crippen LogP contribution in [0.15, 0.2) is 60.9 Å². The smallest absolute Gasteiger partial charge is 0.211 e. The molecule has 3 rings (SSSR count). The first-order chi connectivity index (χ1) is 11.3. The Labute approximate surface area is 133 Å². The minimum Gasteiger partial charge on any atom is -0.362 e. The van der Waals surface area contributed by atoms with Gasteiger partial charge >= 0.3 is 0 Å². The Morgan fingerprint density at radius 3 is 2.48 bits per heavy atom. The lowest BCUT2D eigenvalue weighted by molar-refractivity contribution is -0.105. The predicted molar refractivity (Wildman–Crippen MR) is 92.2 cm³/mol. The van der Waals surface area contributed by atoms with Gasteiger partial charge in [0.1, 0.15) is 6.29 Å². The van der Waals surface area contributed by atoms with Crippen molar-refractivity contribution in [2.24, 2.45) is 0 Å². The molecular formula is C18H15N3O2. The number of aromatic amines is 1. The number of carbonyl (C=O) groups excluding carboxylic acids is 2. The number of hydrogen-bond acceptors (Lipinski definition) is 3. The molecule has 1 amide bonds. The number of H-pyrrole nitrogens is 1. The van der Waals surface area contributed by atoms with Crippen LogP contribution in [0.1, 0.15) is 0 Å². The molecule has 1 heterocycles. The van der Waals surface area contributed by atoms with E-state index in [1.807, 2.05) is 48.7 Å². The molecule has 114 valence electrons. The van der Waals surface area contributed by atoms with Gasteiger partial charge in [-0.1, -0.05) is 18.2 Å². The monoisotopic (exact) mass is 305 g/mol.